The van der Waals surface area contributed by atoms with Crippen molar-refractivity contribution in [3.8, 4) is 16.9 Å². The Bertz CT molecular complexity index is 977. The molecule has 0 saturated carbocycles. The zero-order valence-corrected chi connectivity index (χ0v) is 15.7. The van der Waals surface area contributed by atoms with Gasteiger partial charge in [-0.15, -0.1) is 0 Å². The van der Waals surface area contributed by atoms with Gasteiger partial charge in [-0.2, -0.15) is 5.10 Å². The molecule has 142 valence electrons. The number of amides is 2. The molecule has 0 bridgehead atoms. The molecule has 0 radical (unpaired) electrons. The highest BCUT2D eigenvalue weighted by Gasteiger charge is 2.27. The van der Waals surface area contributed by atoms with Gasteiger partial charge in [-0.1, -0.05) is 18.2 Å². The third-order valence-corrected chi connectivity index (χ3v) is 4.91. The van der Waals surface area contributed by atoms with Gasteiger partial charge in [0.25, 0.3) is 5.91 Å². The van der Waals surface area contributed by atoms with Gasteiger partial charge in [0, 0.05) is 57.3 Å². The second-order valence-electron chi connectivity index (χ2n) is 6.71. The average Bonchev–Trinajstić information content (AvgIpc) is 3.20. The van der Waals surface area contributed by atoms with Crippen LogP contribution in [0.3, 0.4) is 0 Å². The van der Waals surface area contributed by atoms with Crippen LogP contribution in [0.4, 0.5) is 0 Å². The summed E-state index contributed by atoms with van der Waals surface area (Å²) in [6.07, 6.45) is 5.18. The number of hydrogen-bond acceptors (Lipinski definition) is 4. The van der Waals surface area contributed by atoms with E-state index >= 15 is 0 Å². The first-order valence-electron chi connectivity index (χ1n) is 9.24. The second-order valence-corrected chi connectivity index (χ2v) is 6.71. The fraction of sp³-hybridized carbons (Fsp3) is 0.238. The van der Waals surface area contributed by atoms with E-state index in [1.165, 1.54) is 0 Å². The minimum absolute atomic E-state index is 0.0417. The Morgan fingerprint density at radius 1 is 0.929 bits per heavy atom. The van der Waals surface area contributed by atoms with Gasteiger partial charge < -0.3 is 9.80 Å². The summed E-state index contributed by atoms with van der Waals surface area (Å²) in [6, 6.07) is 13.4. The highest BCUT2D eigenvalue weighted by atomic mass is 16.2. The largest absolute Gasteiger partial charge is 0.339 e. The Labute approximate surface area is 163 Å². The molecule has 1 aliphatic rings. The third kappa shape index (κ3) is 3.51. The standard InChI is InChI=1S/C21H21N5O2/c1-16(27)24-10-12-25(13-11-24)21(28)19-15-26(18-7-3-2-4-8-18)23-20(19)17-6-5-9-22-14-17/h2-9,14-15H,10-13H2,1H3. The number of carbonyl (C=O) groups excluding carboxylic acids is 2. The molecule has 1 fully saturated rings. The van der Waals surface area contributed by atoms with Gasteiger partial charge in [0.05, 0.1) is 11.3 Å². The van der Waals surface area contributed by atoms with Crippen LogP contribution in [0, 0.1) is 0 Å². The van der Waals surface area contributed by atoms with Crippen molar-refractivity contribution in [2.24, 2.45) is 0 Å². The number of para-hydroxylation sites is 1. The molecule has 7 nitrogen and oxygen atoms in total. The molecule has 1 saturated heterocycles. The molecule has 1 aromatic carbocycles. The summed E-state index contributed by atoms with van der Waals surface area (Å²) in [6.45, 7) is 3.69. The van der Waals surface area contributed by atoms with Crippen LogP contribution >= 0.6 is 0 Å². The van der Waals surface area contributed by atoms with Gasteiger partial charge >= 0.3 is 0 Å². The molecule has 1 aliphatic heterocycles. The van der Waals surface area contributed by atoms with E-state index in [-0.39, 0.29) is 11.8 Å². The average molecular weight is 375 g/mol. The predicted octanol–water partition coefficient (Wildman–Crippen LogP) is 2.24. The molecule has 0 spiro atoms. The molecule has 0 unspecified atom stereocenters. The molecule has 28 heavy (non-hydrogen) atoms. The van der Waals surface area contributed by atoms with Gasteiger partial charge in [-0.3, -0.25) is 14.6 Å². The SMILES string of the molecule is CC(=O)N1CCN(C(=O)c2cn(-c3ccccc3)nc2-c2cccnc2)CC1. The van der Waals surface area contributed by atoms with Crippen molar-refractivity contribution in [1.82, 2.24) is 24.6 Å². The van der Waals surface area contributed by atoms with Crippen LogP contribution in [-0.4, -0.2) is 62.6 Å². The first kappa shape index (κ1) is 17.9. The number of nitrogens with zero attached hydrogens (tertiary/aromatic N) is 5. The first-order chi connectivity index (χ1) is 13.6. The maximum absolute atomic E-state index is 13.3. The highest BCUT2D eigenvalue weighted by Crippen LogP contribution is 2.24. The van der Waals surface area contributed by atoms with Crippen molar-refractivity contribution in [2.75, 3.05) is 26.2 Å². The van der Waals surface area contributed by atoms with Crippen LogP contribution in [0.25, 0.3) is 16.9 Å². The van der Waals surface area contributed by atoms with Crippen LogP contribution in [-0.2, 0) is 4.79 Å². The van der Waals surface area contributed by atoms with Crippen LogP contribution in [0.15, 0.2) is 61.1 Å². The fourth-order valence-corrected chi connectivity index (χ4v) is 3.35. The van der Waals surface area contributed by atoms with Crippen molar-refractivity contribution in [3.63, 3.8) is 0 Å². The molecule has 0 atom stereocenters. The summed E-state index contributed by atoms with van der Waals surface area (Å²) in [5.41, 5.74) is 2.82. The number of piperazine rings is 1. The van der Waals surface area contributed by atoms with E-state index in [4.69, 9.17) is 0 Å². The van der Waals surface area contributed by atoms with Gasteiger partial charge in [-0.25, -0.2) is 4.68 Å². The Morgan fingerprint density at radius 3 is 2.29 bits per heavy atom. The monoisotopic (exact) mass is 375 g/mol. The van der Waals surface area contributed by atoms with Crippen LogP contribution in [0.5, 0.6) is 0 Å². The van der Waals surface area contributed by atoms with Crippen LogP contribution in [0.2, 0.25) is 0 Å². The summed E-state index contributed by atoms with van der Waals surface area (Å²) in [5, 5.41) is 4.67. The molecule has 3 heterocycles. The zero-order chi connectivity index (χ0) is 19.5. The molecular weight excluding hydrogens is 354 g/mol. The van der Waals surface area contributed by atoms with E-state index < -0.39 is 0 Å². The van der Waals surface area contributed by atoms with Crippen molar-refractivity contribution < 1.29 is 9.59 Å². The third-order valence-electron chi connectivity index (χ3n) is 4.91. The highest BCUT2D eigenvalue weighted by molar-refractivity contribution is 6.00. The van der Waals surface area contributed by atoms with E-state index in [2.05, 4.69) is 10.1 Å². The van der Waals surface area contributed by atoms with E-state index in [1.807, 2.05) is 42.5 Å². The van der Waals surface area contributed by atoms with Crippen molar-refractivity contribution in [2.45, 2.75) is 6.92 Å². The minimum Gasteiger partial charge on any atom is -0.339 e. The minimum atomic E-state index is -0.0794. The maximum atomic E-state index is 13.3. The Kier molecular flexibility index (Phi) is 4.89. The lowest BCUT2D eigenvalue weighted by atomic mass is 10.1. The van der Waals surface area contributed by atoms with Crippen molar-refractivity contribution in [1.29, 1.82) is 0 Å². The van der Waals surface area contributed by atoms with Gasteiger partial charge in [0.2, 0.25) is 5.91 Å². The number of aromatic nitrogens is 3. The second kappa shape index (κ2) is 7.64. The molecule has 7 heteroatoms. The maximum Gasteiger partial charge on any atom is 0.257 e. The summed E-state index contributed by atoms with van der Waals surface area (Å²) in [7, 11) is 0. The van der Waals surface area contributed by atoms with Gasteiger partial charge in [-0.05, 0) is 24.3 Å². The Balaban J connectivity index is 1.68. The quantitative estimate of drug-likeness (QED) is 0.704. The molecule has 0 aliphatic carbocycles. The summed E-state index contributed by atoms with van der Waals surface area (Å²) >= 11 is 0. The Hall–Kier alpha value is -3.48. The molecular formula is C21H21N5O2. The predicted molar refractivity (Wildman–Crippen MR) is 105 cm³/mol. The van der Waals surface area contributed by atoms with Crippen LogP contribution in [0.1, 0.15) is 17.3 Å². The van der Waals surface area contributed by atoms with E-state index in [1.54, 1.807) is 40.0 Å². The number of pyridine rings is 1. The lowest BCUT2D eigenvalue weighted by Gasteiger charge is -2.34. The molecule has 0 N–H and O–H groups in total. The van der Waals surface area contributed by atoms with E-state index in [0.717, 1.165) is 11.3 Å². The molecule has 3 aromatic rings. The molecule has 2 amide bonds. The Morgan fingerprint density at radius 2 is 1.64 bits per heavy atom. The molecule has 2 aromatic heterocycles. The number of carbonyl (C=O) groups is 2. The van der Waals surface area contributed by atoms with Crippen molar-refractivity contribution >= 4 is 11.8 Å². The van der Waals surface area contributed by atoms with Gasteiger partial charge in [0.1, 0.15) is 5.69 Å². The molecule has 4 rings (SSSR count). The van der Waals surface area contributed by atoms with E-state index in [9.17, 15) is 9.59 Å². The lowest BCUT2D eigenvalue weighted by Crippen LogP contribution is -2.50. The summed E-state index contributed by atoms with van der Waals surface area (Å²) in [5.74, 6) is -0.0377. The topological polar surface area (TPSA) is 71.3 Å². The normalized spacial score (nSPS) is 14.2. The zero-order valence-electron chi connectivity index (χ0n) is 15.7. The summed E-state index contributed by atoms with van der Waals surface area (Å²) in [4.78, 5) is 32.5. The lowest BCUT2D eigenvalue weighted by molar-refractivity contribution is -0.130. The number of benzene rings is 1. The number of rotatable bonds is 3. The van der Waals surface area contributed by atoms with Crippen LogP contribution < -0.4 is 0 Å². The van der Waals surface area contributed by atoms with Gasteiger partial charge in [0.15, 0.2) is 0 Å². The first-order valence-corrected chi connectivity index (χ1v) is 9.24. The fourth-order valence-electron chi connectivity index (χ4n) is 3.35. The van der Waals surface area contributed by atoms with E-state index in [0.29, 0.717) is 37.4 Å². The smallest absolute Gasteiger partial charge is 0.257 e. The van der Waals surface area contributed by atoms with Crippen molar-refractivity contribution in [3.05, 3.63) is 66.6 Å². The number of hydrogen-bond donors (Lipinski definition) is 0. The summed E-state index contributed by atoms with van der Waals surface area (Å²) < 4.78 is 1.72.